The van der Waals surface area contributed by atoms with Gasteiger partial charge in [-0.3, -0.25) is 0 Å². The minimum Gasteiger partial charge on any atom is -0.497 e. The number of hydrogen-bond acceptors (Lipinski definition) is 3. The molecule has 0 aromatic heterocycles. The van der Waals surface area contributed by atoms with Gasteiger partial charge in [-0.05, 0) is 31.0 Å². The van der Waals surface area contributed by atoms with Gasteiger partial charge in [0.15, 0.2) is 5.96 Å². The molecule has 0 bridgehead atoms. The second-order valence-electron chi connectivity index (χ2n) is 7.23. The molecule has 0 amide bonds. The fourth-order valence-corrected chi connectivity index (χ4v) is 4.03. The van der Waals surface area contributed by atoms with Crippen molar-refractivity contribution >= 4 is 29.9 Å². The van der Waals surface area contributed by atoms with E-state index in [1.54, 1.807) is 7.11 Å². The normalized spacial score (nSPS) is 26.9. The molecule has 140 valence electrons. The quantitative estimate of drug-likeness (QED) is 0.404. The van der Waals surface area contributed by atoms with Crippen molar-refractivity contribution in [2.24, 2.45) is 16.3 Å². The van der Waals surface area contributed by atoms with Crippen LogP contribution in [0.15, 0.2) is 29.3 Å². The zero-order chi connectivity index (χ0) is 17.2. The Morgan fingerprint density at radius 1 is 1.40 bits per heavy atom. The first kappa shape index (κ1) is 20.3. The van der Waals surface area contributed by atoms with Crippen LogP contribution in [0.4, 0.5) is 0 Å². The third kappa shape index (κ3) is 4.22. The molecule has 0 spiro atoms. The van der Waals surface area contributed by atoms with Crippen LogP contribution in [0.1, 0.15) is 32.8 Å². The number of nitrogens with one attached hydrogen (secondary N) is 2. The van der Waals surface area contributed by atoms with Crippen LogP contribution in [0, 0.1) is 11.3 Å². The predicted molar refractivity (Wildman–Crippen MR) is 112 cm³/mol. The van der Waals surface area contributed by atoms with Crippen molar-refractivity contribution in [1.82, 2.24) is 10.6 Å². The summed E-state index contributed by atoms with van der Waals surface area (Å²) in [5, 5.41) is 7.01. The highest BCUT2D eigenvalue weighted by molar-refractivity contribution is 14.0. The number of fused-ring (bicyclic) bond motifs is 1. The maximum absolute atomic E-state index is 5.88. The Balaban J connectivity index is 0.00000225. The van der Waals surface area contributed by atoms with Gasteiger partial charge in [-0.25, -0.2) is 4.99 Å². The lowest BCUT2D eigenvalue weighted by atomic mass is 9.57. The minimum atomic E-state index is 0. The smallest absolute Gasteiger partial charge is 0.191 e. The molecule has 1 aromatic carbocycles. The van der Waals surface area contributed by atoms with Gasteiger partial charge < -0.3 is 20.1 Å². The van der Waals surface area contributed by atoms with Gasteiger partial charge in [0.1, 0.15) is 5.75 Å². The molecule has 1 heterocycles. The van der Waals surface area contributed by atoms with E-state index in [-0.39, 0.29) is 29.4 Å². The van der Waals surface area contributed by atoms with E-state index in [4.69, 9.17) is 14.5 Å². The van der Waals surface area contributed by atoms with Crippen molar-refractivity contribution in [1.29, 1.82) is 0 Å². The summed E-state index contributed by atoms with van der Waals surface area (Å²) in [6.45, 7) is 9.02. The molecule has 2 fully saturated rings. The largest absolute Gasteiger partial charge is 0.497 e. The maximum Gasteiger partial charge on any atom is 0.191 e. The molecule has 5 nitrogen and oxygen atoms in total. The molecule has 3 atom stereocenters. The standard InChI is InChI=1S/C19H29N3O2.HI/c1-5-20-18(21-12-13-7-6-8-14(11-13)23-4)22-16-15-9-10-24-17(15)19(16,2)3;/h6-8,11,15-17H,5,9-10,12H2,1-4H3,(H2,20,21,22);1H. The Labute approximate surface area is 168 Å². The Hall–Kier alpha value is -1.02. The topological polar surface area (TPSA) is 54.9 Å². The Bertz CT molecular complexity index is 606. The predicted octanol–water partition coefficient (Wildman–Crippen LogP) is 3.18. The third-order valence-corrected chi connectivity index (χ3v) is 5.29. The lowest BCUT2D eigenvalue weighted by molar-refractivity contribution is -0.106. The summed E-state index contributed by atoms with van der Waals surface area (Å²) in [5.41, 5.74) is 1.29. The van der Waals surface area contributed by atoms with Crippen LogP contribution in [-0.4, -0.2) is 38.4 Å². The first-order valence-electron chi connectivity index (χ1n) is 8.85. The summed E-state index contributed by atoms with van der Waals surface area (Å²) in [4.78, 5) is 4.76. The van der Waals surface area contributed by atoms with Crippen LogP contribution >= 0.6 is 24.0 Å². The van der Waals surface area contributed by atoms with Gasteiger partial charge in [0, 0.05) is 30.5 Å². The van der Waals surface area contributed by atoms with Crippen LogP contribution in [0.2, 0.25) is 0 Å². The van der Waals surface area contributed by atoms with Crippen LogP contribution in [0.25, 0.3) is 0 Å². The second-order valence-corrected chi connectivity index (χ2v) is 7.23. The van der Waals surface area contributed by atoms with E-state index >= 15 is 0 Å². The molecule has 1 saturated heterocycles. The zero-order valence-electron chi connectivity index (χ0n) is 15.5. The molecule has 0 radical (unpaired) electrons. The minimum absolute atomic E-state index is 0. The van der Waals surface area contributed by atoms with E-state index in [0.717, 1.165) is 36.8 Å². The van der Waals surface area contributed by atoms with Crippen LogP contribution in [-0.2, 0) is 11.3 Å². The summed E-state index contributed by atoms with van der Waals surface area (Å²) in [6, 6.07) is 8.46. The van der Waals surface area contributed by atoms with E-state index in [2.05, 4.69) is 37.5 Å². The number of nitrogens with zero attached hydrogens (tertiary/aromatic N) is 1. The second kappa shape index (κ2) is 8.58. The number of aliphatic imine (C=N–C) groups is 1. The number of halogens is 1. The fraction of sp³-hybridized carbons (Fsp3) is 0.632. The van der Waals surface area contributed by atoms with Gasteiger partial charge in [0.05, 0.1) is 19.8 Å². The SMILES string of the molecule is CCNC(=NCc1cccc(OC)c1)NC1C2CCOC2C1(C)C.I. The molecular formula is C19H30IN3O2. The molecule has 1 aliphatic carbocycles. The van der Waals surface area contributed by atoms with Crippen LogP contribution in [0.5, 0.6) is 5.75 Å². The number of hydrogen-bond donors (Lipinski definition) is 2. The van der Waals surface area contributed by atoms with E-state index in [1.165, 1.54) is 0 Å². The lowest BCUT2D eigenvalue weighted by Crippen LogP contribution is -2.67. The summed E-state index contributed by atoms with van der Waals surface area (Å²) in [6.07, 6.45) is 1.53. The number of methoxy groups -OCH3 is 1. The number of rotatable bonds is 5. The highest BCUT2D eigenvalue weighted by Crippen LogP contribution is 2.52. The first-order chi connectivity index (χ1) is 11.6. The van der Waals surface area contributed by atoms with Gasteiger partial charge >= 0.3 is 0 Å². The zero-order valence-corrected chi connectivity index (χ0v) is 17.9. The first-order valence-corrected chi connectivity index (χ1v) is 8.85. The molecule has 25 heavy (non-hydrogen) atoms. The summed E-state index contributed by atoms with van der Waals surface area (Å²) >= 11 is 0. The monoisotopic (exact) mass is 459 g/mol. The Morgan fingerprint density at radius 3 is 2.92 bits per heavy atom. The third-order valence-electron chi connectivity index (χ3n) is 5.29. The number of benzene rings is 1. The molecule has 3 unspecified atom stereocenters. The van der Waals surface area contributed by atoms with Gasteiger partial charge in [-0.1, -0.05) is 26.0 Å². The summed E-state index contributed by atoms with van der Waals surface area (Å²) in [5.74, 6) is 2.34. The number of guanidine groups is 1. The van der Waals surface area contributed by atoms with Crippen molar-refractivity contribution < 1.29 is 9.47 Å². The highest BCUT2D eigenvalue weighted by atomic mass is 127. The fourth-order valence-electron chi connectivity index (χ4n) is 4.03. The Morgan fingerprint density at radius 2 is 2.20 bits per heavy atom. The van der Waals surface area contributed by atoms with Crippen molar-refractivity contribution in [2.45, 2.75) is 45.9 Å². The van der Waals surface area contributed by atoms with Gasteiger partial charge in [-0.15, -0.1) is 24.0 Å². The van der Waals surface area contributed by atoms with E-state index in [0.29, 0.717) is 24.6 Å². The highest BCUT2D eigenvalue weighted by Gasteiger charge is 2.59. The average Bonchev–Trinajstić information content (AvgIpc) is 3.04. The molecule has 1 saturated carbocycles. The number of ether oxygens (including phenoxy) is 2. The Kier molecular flexibility index (Phi) is 6.96. The van der Waals surface area contributed by atoms with Crippen LogP contribution < -0.4 is 15.4 Å². The van der Waals surface area contributed by atoms with Gasteiger partial charge in [-0.2, -0.15) is 0 Å². The molecule has 3 rings (SSSR count). The van der Waals surface area contributed by atoms with Crippen molar-refractivity contribution in [3.63, 3.8) is 0 Å². The summed E-state index contributed by atoms with van der Waals surface area (Å²) in [7, 11) is 1.69. The van der Waals surface area contributed by atoms with E-state index in [1.807, 2.05) is 18.2 Å². The molecule has 6 heteroatoms. The summed E-state index contributed by atoms with van der Waals surface area (Å²) < 4.78 is 11.2. The van der Waals surface area contributed by atoms with Gasteiger partial charge in [0.2, 0.25) is 0 Å². The van der Waals surface area contributed by atoms with Crippen molar-refractivity contribution in [2.75, 3.05) is 20.3 Å². The average molecular weight is 459 g/mol. The molecule has 2 aliphatic rings. The molecule has 1 aliphatic heterocycles. The molecular weight excluding hydrogens is 429 g/mol. The van der Waals surface area contributed by atoms with Gasteiger partial charge in [0.25, 0.3) is 0 Å². The lowest BCUT2D eigenvalue weighted by Gasteiger charge is -2.54. The van der Waals surface area contributed by atoms with Crippen molar-refractivity contribution in [3.05, 3.63) is 29.8 Å². The van der Waals surface area contributed by atoms with Crippen molar-refractivity contribution in [3.8, 4) is 5.75 Å². The molecule has 2 N–H and O–H groups in total. The molecule has 1 aromatic rings. The van der Waals surface area contributed by atoms with E-state index < -0.39 is 0 Å². The van der Waals surface area contributed by atoms with E-state index in [9.17, 15) is 0 Å². The maximum atomic E-state index is 5.88. The van der Waals surface area contributed by atoms with Crippen LogP contribution in [0.3, 0.4) is 0 Å².